The molecule has 0 bridgehead atoms. The third-order valence-electron chi connectivity index (χ3n) is 2.89. The van der Waals surface area contributed by atoms with Crippen molar-refractivity contribution < 1.29 is 0 Å². The predicted molar refractivity (Wildman–Crippen MR) is 75.6 cm³/mol. The minimum absolute atomic E-state index is 0.926. The molecule has 0 atom stereocenters. The maximum atomic E-state index is 4.31. The molecule has 1 heterocycles. The Balaban J connectivity index is 1.78. The second-order valence-electron chi connectivity index (χ2n) is 4.74. The zero-order valence-electron chi connectivity index (χ0n) is 11.1. The van der Waals surface area contributed by atoms with Crippen molar-refractivity contribution in [2.45, 2.75) is 26.8 Å². The molecule has 2 heteroatoms. The minimum atomic E-state index is 0.926. The van der Waals surface area contributed by atoms with Crippen molar-refractivity contribution >= 4 is 0 Å². The summed E-state index contributed by atoms with van der Waals surface area (Å²) in [5.74, 6) is 0. The molecule has 18 heavy (non-hydrogen) atoms. The van der Waals surface area contributed by atoms with E-state index in [9.17, 15) is 0 Å². The minimum Gasteiger partial charge on any atom is -0.312 e. The van der Waals surface area contributed by atoms with E-state index in [1.54, 1.807) is 0 Å². The molecule has 0 saturated carbocycles. The smallest absolute Gasteiger partial charge is 0.0416 e. The third kappa shape index (κ3) is 3.97. The third-order valence-corrected chi connectivity index (χ3v) is 2.89. The van der Waals surface area contributed by atoms with Gasteiger partial charge in [-0.05, 0) is 31.5 Å². The van der Waals surface area contributed by atoms with Gasteiger partial charge in [-0.3, -0.25) is 4.98 Å². The monoisotopic (exact) mass is 240 g/mol. The van der Waals surface area contributed by atoms with E-state index >= 15 is 0 Å². The van der Waals surface area contributed by atoms with E-state index in [1.165, 1.54) is 16.7 Å². The highest BCUT2D eigenvalue weighted by Crippen LogP contribution is 2.08. The summed E-state index contributed by atoms with van der Waals surface area (Å²) in [7, 11) is 0. The van der Waals surface area contributed by atoms with Crippen LogP contribution in [0.3, 0.4) is 0 Å². The molecule has 0 aliphatic carbocycles. The number of nitrogens with one attached hydrogen (secondary N) is 1. The Kier molecular flexibility index (Phi) is 4.48. The van der Waals surface area contributed by atoms with Crippen LogP contribution < -0.4 is 5.32 Å². The summed E-state index contributed by atoms with van der Waals surface area (Å²) in [6.07, 6.45) is 2.82. The summed E-state index contributed by atoms with van der Waals surface area (Å²) in [6.45, 7) is 6.17. The van der Waals surface area contributed by atoms with Crippen LogP contribution in [0.15, 0.2) is 42.6 Å². The molecular formula is C16H20N2. The molecule has 0 unspecified atom stereocenters. The van der Waals surface area contributed by atoms with Crippen molar-refractivity contribution in [3.63, 3.8) is 0 Å². The van der Waals surface area contributed by atoms with Gasteiger partial charge in [-0.1, -0.05) is 35.4 Å². The molecular weight excluding hydrogens is 220 g/mol. The van der Waals surface area contributed by atoms with Crippen LogP contribution >= 0.6 is 0 Å². The molecule has 1 aromatic heterocycles. The van der Waals surface area contributed by atoms with Crippen LogP contribution in [0.5, 0.6) is 0 Å². The van der Waals surface area contributed by atoms with Gasteiger partial charge in [0.05, 0.1) is 0 Å². The summed E-state index contributed by atoms with van der Waals surface area (Å²) in [5.41, 5.74) is 5.16. The molecule has 0 spiro atoms. The SMILES string of the molecule is Cc1cc(C)cc(CNCCc2ccccn2)c1. The molecule has 1 aromatic carbocycles. The van der Waals surface area contributed by atoms with Crippen molar-refractivity contribution in [1.29, 1.82) is 0 Å². The van der Waals surface area contributed by atoms with E-state index in [1.807, 2.05) is 18.3 Å². The fraction of sp³-hybridized carbons (Fsp3) is 0.312. The summed E-state index contributed by atoms with van der Waals surface area (Å²) < 4.78 is 0. The normalized spacial score (nSPS) is 10.6. The molecule has 94 valence electrons. The zero-order valence-corrected chi connectivity index (χ0v) is 11.1. The zero-order chi connectivity index (χ0) is 12.8. The molecule has 0 fully saturated rings. The van der Waals surface area contributed by atoms with Crippen LogP contribution in [0.1, 0.15) is 22.4 Å². The molecule has 0 radical (unpaired) electrons. The predicted octanol–water partition coefficient (Wildman–Crippen LogP) is 3.03. The van der Waals surface area contributed by atoms with Crippen molar-refractivity contribution in [3.05, 3.63) is 65.0 Å². The average Bonchev–Trinajstić information content (AvgIpc) is 2.35. The first kappa shape index (κ1) is 12.8. The molecule has 1 N–H and O–H groups in total. The molecule has 0 aliphatic heterocycles. The number of pyridine rings is 1. The lowest BCUT2D eigenvalue weighted by Crippen LogP contribution is -2.17. The number of rotatable bonds is 5. The first-order chi connectivity index (χ1) is 8.74. The van der Waals surface area contributed by atoms with Gasteiger partial charge in [0.2, 0.25) is 0 Å². The number of nitrogens with zero attached hydrogens (tertiary/aromatic N) is 1. The molecule has 2 nitrogen and oxygen atoms in total. The average molecular weight is 240 g/mol. The fourth-order valence-corrected chi connectivity index (χ4v) is 2.17. The Morgan fingerprint density at radius 3 is 2.50 bits per heavy atom. The second-order valence-corrected chi connectivity index (χ2v) is 4.74. The molecule has 0 amide bonds. The molecule has 0 aliphatic rings. The lowest BCUT2D eigenvalue weighted by atomic mass is 10.1. The van der Waals surface area contributed by atoms with Crippen LogP contribution in [0.4, 0.5) is 0 Å². The number of hydrogen-bond acceptors (Lipinski definition) is 2. The maximum Gasteiger partial charge on any atom is 0.0416 e. The van der Waals surface area contributed by atoms with E-state index in [0.717, 1.165) is 25.2 Å². The highest BCUT2D eigenvalue weighted by molar-refractivity contribution is 5.28. The van der Waals surface area contributed by atoms with Gasteiger partial charge in [-0.25, -0.2) is 0 Å². The van der Waals surface area contributed by atoms with Crippen LogP contribution in [-0.4, -0.2) is 11.5 Å². The van der Waals surface area contributed by atoms with Crippen LogP contribution in [0.2, 0.25) is 0 Å². The van der Waals surface area contributed by atoms with E-state index in [4.69, 9.17) is 0 Å². The second kappa shape index (κ2) is 6.31. The van der Waals surface area contributed by atoms with Gasteiger partial charge in [0, 0.05) is 31.4 Å². The van der Waals surface area contributed by atoms with Crippen LogP contribution in [0, 0.1) is 13.8 Å². The largest absolute Gasteiger partial charge is 0.312 e. The Bertz CT molecular complexity index is 471. The van der Waals surface area contributed by atoms with Gasteiger partial charge >= 0.3 is 0 Å². The maximum absolute atomic E-state index is 4.31. The first-order valence-corrected chi connectivity index (χ1v) is 6.42. The van der Waals surface area contributed by atoms with Gasteiger partial charge in [-0.15, -0.1) is 0 Å². The lowest BCUT2D eigenvalue weighted by Gasteiger charge is -2.07. The molecule has 0 saturated heterocycles. The highest BCUT2D eigenvalue weighted by atomic mass is 14.8. The Labute approximate surface area is 109 Å². The van der Waals surface area contributed by atoms with Crippen molar-refractivity contribution in [3.8, 4) is 0 Å². The summed E-state index contributed by atoms with van der Waals surface area (Å²) in [6, 6.07) is 12.7. The van der Waals surface area contributed by atoms with Crippen LogP contribution in [0.25, 0.3) is 0 Å². The summed E-state index contributed by atoms with van der Waals surface area (Å²) in [5, 5.41) is 3.46. The lowest BCUT2D eigenvalue weighted by molar-refractivity contribution is 0.679. The van der Waals surface area contributed by atoms with E-state index in [2.05, 4.69) is 48.4 Å². The van der Waals surface area contributed by atoms with Gasteiger partial charge in [0.25, 0.3) is 0 Å². The fourth-order valence-electron chi connectivity index (χ4n) is 2.17. The van der Waals surface area contributed by atoms with Gasteiger partial charge in [-0.2, -0.15) is 0 Å². The Morgan fingerprint density at radius 2 is 1.83 bits per heavy atom. The number of aromatic nitrogens is 1. The number of hydrogen-bond donors (Lipinski definition) is 1. The van der Waals surface area contributed by atoms with Gasteiger partial charge in [0.1, 0.15) is 0 Å². The molecule has 2 aromatic rings. The van der Waals surface area contributed by atoms with Crippen LogP contribution in [-0.2, 0) is 13.0 Å². The highest BCUT2D eigenvalue weighted by Gasteiger charge is 1.97. The molecule has 2 rings (SSSR count). The number of aryl methyl sites for hydroxylation is 2. The standard InChI is InChI=1S/C16H20N2/c1-13-9-14(2)11-15(10-13)12-17-8-6-16-5-3-4-7-18-16/h3-5,7,9-11,17H,6,8,12H2,1-2H3. The van der Waals surface area contributed by atoms with Gasteiger partial charge < -0.3 is 5.32 Å². The van der Waals surface area contributed by atoms with Gasteiger partial charge in [0.15, 0.2) is 0 Å². The van der Waals surface area contributed by atoms with E-state index < -0.39 is 0 Å². The van der Waals surface area contributed by atoms with Crippen molar-refractivity contribution in [2.75, 3.05) is 6.54 Å². The van der Waals surface area contributed by atoms with E-state index in [0.29, 0.717) is 0 Å². The summed E-state index contributed by atoms with van der Waals surface area (Å²) in [4.78, 5) is 4.31. The van der Waals surface area contributed by atoms with Crippen molar-refractivity contribution in [2.24, 2.45) is 0 Å². The Hall–Kier alpha value is -1.67. The van der Waals surface area contributed by atoms with E-state index in [-0.39, 0.29) is 0 Å². The summed E-state index contributed by atoms with van der Waals surface area (Å²) >= 11 is 0. The first-order valence-electron chi connectivity index (χ1n) is 6.42. The Morgan fingerprint density at radius 1 is 1.06 bits per heavy atom. The van der Waals surface area contributed by atoms with Crippen molar-refractivity contribution in [1.82, 2.24) is 10.3 Å². The topological polar surface area (TPSA) is 24.9 Å². The quantitative estimate of drug-likeness (QED) is 0.813. The number of benzene rings is 1.